The summed E-state index contributed by atoms with van der Waals surface area (Å²) in [5.41, 5.74) is 0. The number of aromatic nitrogens is 2. The van der Waals surface area contributed by atoms with Crippen molar-refractivity contribution in [2.24, 2.45) is 0 Å². The average Bonchev–Trinajstić information content (AvgIpc) is 2.63. The van der Waals surface area contributed by atoms with Crippen molar-refractivity contribution in [2.45, 2.75) is 0 Å². The molecule has 9 heteroatoms. The number of amides is 1. The summed E-state index contributed by atoms with van der Waals surface area (Å²) in [6.07, 6.45) is 0.562. The number of allylic oxidation sites excluding steroid dienone is 1. The molecule has 0 aliphatic heterocycles. The fraction of sp³-hybridized carbons (Fsp3) is 0.143. The normalized spacial score (nSPS) is 10.6. The molecule has 1 aromatic heterocycles. The largest absolute Gasteiger partial charge is 0.488 e. The van der Waals surface area contributed by atoms with Gasteiger partial charge in [-0.3, -0.25) is 15.2 Å². The Balaban J connectivity index is 2.38. The summed E-state index contributed by atoms with van der Waals surface area (Å²) in [4.78, 5) is 11.1. The minimum absolute atomic E-state index is 0.295. The van der Waals surface area contributed by atoms with Gasteiger partial charge in [0.15, 0.2) is 10.6 Å². The van der Waals surface area contributed by atoms with E-state index in [-0.39, 0.29) is 0 Å². The third-order valence-corrected chi connectivity index (χ3v) is 2.20. The second-order valence-electron chi connectivity index (χ2n) is 2.36. The summed E-state index contributed by atoms with van der Waals surface area (Å²) in [6, 6.07) is 1.20. The lowest BCUT2D eigenvalue weighted by molar-refractivity contribution is -0.119. The van der Waals surface area contributed by atoms with Crippen LogP contribution in [0.5, 0.6) is 0 Å². The first-order valence-corrected chi connectivity index (χ1v) is 5.07. The molecule has 16 heavy (non-hydrogen) atoms. The van der Waals surface area contributed by atoms with Crippen molar-refractivity contribution in [3.05, 3.63) is 16.0 Å². The van der Waals surface area contributed by atoms with Gasteiger partial charge in [0.05, 0.1) is 0 Å². The first-order chi connectivity index (χ1) is 7.61. The van der Waals surface area contributed by atoms with Crippen molar-refractivity contribution in [2.75, 3.05) is 11.9 Å². The Bertz CT molecular complexity index is 501. The van der Waals surface area contributed by atoms with Gasteiger partial charge < -0.3 is 4.74 Å². The van der Waals surface area contributed by atoms with Crippen LogP contribution in [0.15, 0.2) is 12.1 Å². The van der Waals surface area contributed by atoms with Gasteiger partial charge in [0, 0.05) is 0 Å². The van der Waals surface area contributed by atoms with Crippen molar-refractivity contribution in [1.29, 1.82) is 5.26 Å². The zero-order valence-corrected chi connectivity index (χ0v) is 9.32. The molecule has 0 spiro atoms. The smallest absolute Gasteiger partial charge is 0.264 e. The maximum atomic E-state index is 12.2. The molecule has 1 aromatic rings. The molecule has 0 atom stereocenters. The second kappa shape index (κ2) is 5.94. The minimum Gasteiger partial charge on any atom is -0.488 e. The van der Waals surface area contributed by atoms with Gasteiger partial charge >= 0.3 is 0 Å². The number of aromatic amines is 1. The molecule has 0 aromatic carbocycles. The summed E-state index contributed by atoms with van der Waals surface area (Å²) in [7, 11) is 0. The SMILES string of the molecule is N#CC(F)=COCC(=O)Nc1n[nH]c(=S)s1. The molecule has 1 amide bonds. The maximum Gasteiger partial charge on any atom is 0.264 e. The van der Waals surface area contributed by atoms with Gasteiger partial charge in [0.2, 0.25) is 11.0 Å². The van der Waals surface area contributed by atoms with Crippen molar-refractivity contribution < 1.29 is 13.9 Å². The Hall–Kier alpha value is -1.79. The van der Waals surface area contributed by atoms with E-state index in [9.17, 15) is 9.18 Å². The molecule has 0 saturated carbocycles. The van der Waals surface area contributed by atoms with Crippen molar-refractivity contribution in [3.8, 4) is 6.07 Å². The number of carbonyl (C=O) groups is 1. The number of nitriles is 1. The topological polar surface area (TPSA) is 90.8 Å². The Kier molecular flexibility index (Phi) is 4.56. The van der Waals surface area contributed by atoms with Crippen LogP contribution in [0.25, 0.3) is 0 Å². The number of carbonyl (C=O) groups excluding carboxylic acids is 1. The molecule has 2 N–H and O–H groups in total. The second-order valence-corrected chi connectivity index (χ2v) is 4.02. The van der Waals surface area contributed by atoms with Crippen LogP contribution in [0.4, 0.5) is 9.52 Å². The van der Waals surface area contributed by atoms with Gasteiger partial charge in [-0.25, -0.2) is 0 Å². The molecule has 0 fully saturated rings. The van der Waals surface area contributed by atoms with Crippen LogP contribution < -0.4 is 5.32 Å². The zero-order valence-electron chi connectivity index (χ0n) is 7.69. The predicted octanol–water partition coefficient (Wildman–Crippen LogP) is 1.49. The summed E-state index contributed by atoms with van der Waals surface area (Å²) < 4.78 is 17.1. The summed E-state index contributed by atoms with van der Waals surface area (Å²) in [5, 5.41) is 16.8. The van der Waals surface area contributed by atoms with Crippen molar-refractivity contribution in [3.63, 3.8) is 0 Å². The lowest BCUT2D eigenvalue weighted by Crippen LogP contribution is -2.16. The number of nitrogens with one attached hydrogen (secondary N) is 2. The number of hydrogen-bond donors (Lipinski definition) is 2. The van der Waals surface area contributed by atoms with Crippen LogP contribution in [-0.2, 0) is 9.53 Å². The molecule has 0 saturated heterocycles. The molecule has 6 nitrogen and oxygen atoms in total. The monoisotopic (exact) mass is 260 g/mol. The molecule has 84 valence electrons. The lowest BCUT2D eigenvalue weighted by atomic mass is 10.6. The first kappa shape index (κ1) is 12.3. The van der Waals surface area contributed by atoms with Gasteiger partial charge in [-0.15, -0.1) is 5.10 Å². The fourth-order valence-electron chi connectivity index (χ4n) is 0.656. The van der Waals surface area contributed by atoms with Crippen LogP contribution in [0, 0.1) is 15.3 Å². The summed E-state index contributed by atoms with van der Waals surface area (Å²) >= 11 is 5.83. The predicted molar refractivity (Wildman–Crippen MR) is 56.7 cm³/mol. The number of anilines is 1. The molecule has 0 aliphatic carbocycles. The van der Waals surface area contributed by atoms with Crippen LogP contribution in [0.3, 0.4) is 0 Å². The van der Waals surface area contributed by atoms with E-state index in [0.717, 1.165) is 11.3 Å². The van der Waals surface area contributed by atoms with Crippen LogP contribution in [0.1, 0.15) is 0 Å². The lowest BCUT2D eigenvalue weighted by Gasteiger charge is -1.99. The highest BCUT2D eigenvalue weighted by Gasteiger charge is 2.04. The van der Waals surface area contributed by atoms with Crippen LogP contribution in [0.2, 0.25) is 0 Å². The van der Waals surface area contributed by atoms with E-state index in [1.807, 2.05) is 0 Å². The van der Waals surface area contributed by atoms with Gasteiger partial charge in [-0.2, -0.15) is 9.65 Å². The van der Waals surface area contributed by atoms with E-state index < -0.39 is 18.3 Å². The van der Waals surface area contributed by atoms with Gasteiger partial charge in [-0.05, 0) is 12.2 Å². The Morgan fingerprint density at radius 1 is 1.88 bits per heavy atom. The number of hydrogen-bond acceptors (Lipinski definition) is 6. The third-order valence-electron chi connectivity index (χ3n) is 1.19. The number of halogens is 1. The van der Waals surface area contributed by atoms with E-state index in [1.165, 1.54) is 6.07 Å². The molecular weight excluding hydrogens is 255 g/mol. The van der Waals surface area contributed by atoms with E-state index in [4.69, 9.17) is 17.5 Å². The third kappa shape index (κ3) is 4.16. The number of nitrogens with zero attached hydrogens (tertiary/aromatic N) is 2. The van der Waals surface area contributed by atoms with Gasteiger partial charge in [-0.1, -0.05) is 11.3 Å². The van der Waals surface area contributed by atoms with E-state index in [0.29, 0.717) is 15.3 Å². The van der Waals surface area contributed by atoms with Crippen molar-refractivity contribution in [1.82, 2.24) is 10.2 Å². The molecular formula is C7H5FN4O2S2. The highest BCUT2D eigenvalue weighted by atomic mass is 32.1. The molecule has 1 heterocycles. The molecule has 0 bridgehead atoms. The molecule has 1 rings (SSSR count). The summed E-state index contributed by atoms with van der Waals surface area (Å²) in [6.45, 7) is -0.415. The minimum atomic E-state index is -1.11. The Labute approximate surface area is 98.4 Å². The van der Waals surface area contributed by atoms with Gasteiger partial charge in [0.1, 0.15) is 12.3 Å². The van der Waals surface area contributed by atoms with Crippen molar-refractivity contribution >= 4 is 34.6 Å². The highest BCUT2D eigenvalue weighted by molar-refractivity contribution is 7.73. The molecule has 0 unspecified atom stereocenters. The Morgan fingerprint density at radius 3 is 3.19 bits per heavy atom. The zero-order chi connectivity index (χ0) is 12.0. The van der Waals surface area contributed by atoms with E-state index in [2.05, 4.69) is 20.3 Å². The standard InChI is InChI=1S/C7H5FN4O2S2/c8-4(1-9)2-14-3-5(13)10-6-11-12-7(15)16-6/h2H,3H2,(H,12,15)(H,10,11,13). The fourth-order valence-corrected chi connectivity index (χ4v) is 1.46. The van der Waals surface area contributed by atoms with Gasteiger partial charge in [0.25, 0.3) is 5.91 Å². The van der Waals surface area contributed by atoms with Crippen LogP contribution >= 0.6 is 23.6 Å². The van der Waals surface area contributed by atoms with E-state index in [1.54, 1.807) is 0 Å². The first-order valence-electron chi connectivity index (χ1n) is 3.84. The summed E-state index contributed by atoms with van der Waals surface area (Å²) in [5.74, 6) is -1.64. The maximum absolute atomic E-state index is 12.2. The molecule has 0 aliphatic rings. The van der Waals surface area contributed by atoms with E-state index >= 15 is 0 Å². The number of ether oxygens (including phenoxy) is 1. The molecule has 0 radical (unpaired) electrons. The quantitative estimate of drug-likeness (QED) is 0.486. The number of H-pyrrole nitrogens is 1. The Morgan fingerprint density at radius 2 is 2.62 bits per heavy atom. The highest BCUT2D eigenvalue weighted by Crippen LogP contribution is 2.10. The average molecular weight is 260 g/mol. The number of rotatable bonds is 4. The van der Waals surface area contributed by atoms with Crippen LogP contribution in [-0.4, -0.2) is 22.7 Å².